The van der Waals surface area contributed by atoms with E-state index in [1.165, 1.54) is 0 Å². The highest BCUT2D eigenvalue weighted by atomic mass is 17.8. The Balaban J connectivity index is 2.69. The third-order valence-corrected chi connectivity index (χ3v) is 0.965. The molecule has 0 aliphatic rings. The van der Waals surface area contributed by atoms with E-state index in [0.29, 0.717) is 6.61 Å². The second-order valence-corrected chi connectivity index (χ2v) is 1.81. The van der Waals surface area contributed by atoms with Crippen LogP contribution in [0.4, 0.5) is 0 Å². The molecule has 0 rings (SSSR count). The molecular weight excluding hydrogens is 156 g/mol. The Kier molecular flexibility index (Phi) is 9.55. The van der Waals surface area contributed by atoms with Crippen LogP contribution < -0.4 is 0 Å². The molecule has 0 bridgehead atoms. The molecule has 6 heteroatoms. The van der Waals surface area contributed by atoms with Gasteiger partial charge in [-0.2, -0.15) is 0 Å². The van der Waals surface area contributed by atoms with Crippen LogP contribution in [0.5, 0.6) is 0 Å². The third-order valence-electron chi connectivity index (χ3n) is 0.965. The van der Waals surface area contributed by atoms with Crippen LogP contribution in [0.25, 0.3) is 0 Å². The predicted octanol–water partition coefficient (Wildman–Crippen LogP) is 1.39. The number of unbranched alkanes of at least 4 members (excludes halogenated alkanes) is 2. The average molecular weight is 168 g/mol. The van der Waals surface area contributed by atoms with Gasteiger partial charge in [-0.3, -0.25) is 0 Å². The third kappa shape index (κ3) is 9.76. The zero-order valence-electron chi connectivity index (χ0n) is 6.32. The first-order chi connectivity index (χ1) is 5.41. The summed E-state index contributed by atoms with van der Waals surface area (Å²) in [6.45, 7) is 2.47. The lowest BCUT2D eigenvalue weighted by molar-refractivity contribution is -0.753. The van der Waals surface area contributed by atoms with Crippen molar-refractivity contribution in [1.82, 2.24) is 0 Å². The van der Waals surface area contributed by atoms with Crippen LogP contribution >= 0.6 is 0 Å². The smallest absolute Gasteiger partial charge is 0.0855 e. The lowest BCUT2D eigenvalue weighted by atomic mass is 10.3. The van der Waals surface area contributed by atoms with E-state index in [2.05, 4.69) is 32.0 Å². The largest absolute Gasteiger partial charge is 0.219 e. The predicted molar refractivity (Wildman–Crippen MR) is 32.4 cm³/mol. The van der Waals surface area contributed by atoms with Gasteiger partial charge in [0.1, 0.15) is 0 Å². The first-order valence-electron chi connectivity index (χ1n) is 3.35. The summed E-state index contributed by atoms with van der Waals surface area (Å²) in [6, 6.07) is 0. The molecule has 11 heavy (non-hydrogen) atoms. The van der Waals surface area contributed by atoms with E-state index in [9.17, 15) is 0 Å². The summed E-state index contributed by atoms with van der Waals surface area (Å²) >= 11 is 0. The summed E-state index contributed by atoms with van der Waals surface area (Å²) in [7, 11) is 0. The van der Waals surface area contributed by atoms with E-state index in [1.54, 1.807) is 0 Å². The van der Waals surface area contributed by atoms with Gasteiger partial charge in [0.2, 0.25) is 0 Å². The van der Waals surface area contributed by atoms with Crippen LogP contribution in [0.1, 0.15) is 26.2 Å². The molecule has 0 amide bonds. The van der Waals surface area contributed by atoms with Gasteiger partial charge in [0.05, 0.1) is 6.61 Å². The van der Waals surface area contributed by atoms with Crippen molar-refractivity contribution in [2.24, 2.45) is 0 Å². The first kappa shape index (κ1) is 10.8. The molecular formula is C5H12O6. The molecule has 0 radical (unpaired) electrons. The molecule has 0 fully saturated rings. The van der Waals surface area contributed by atoms with Crippen molar-refractivity contribution in [3.63, 3.8) is 0 Å². The SMILES string of the molecule is CCCCCOOOOOO. The van der Waals surface area contributed by atoms with Crippen LogP contribution in [0.3, 0.4) is 0 Å². The molecule has 0 atom stereocenters. The monoisotopic (exact) mass is 168 g/mol. The average Bonchev–Trinajstić information content (AvgIpc) is 2.03. The van der Waals surface area contributed by atoms with Gasteiger partial charge in [0, 0.05) is 0 Å². The van der Waals surface area contributed by atoms with Crippen molar-refractivity contribution in [2.45, 2.75) is 26.2 Å². The van der Waals surface area contributed by atoms with Crippen LogP contribution in [0.2, 0.25) is 0 Å². The lowest BCUT2D eigenvalue weighted by Crippen LogP contribution is -1.99. The Labute approximate surface area is 64.2 Å². The standard InChI is InChI=1S/C5H12O6/c1-2-3-4-5-7-9-11-10-8-6/h6H,2-5H2,1H3. The number of hydrogen-bond donors (Lipinski definition) is 1. The molecule has 0 aromatic carbocycles. The Morgan fingerprint density at radius 3 is 2.55 bits per heavy atom. The van der Waals surface area contributed by atoms with E-state index in [-0.39, 0.29) is 0 Å². The van der Waals surface area contributed by atoms with Crippen molar-refractivity contribution in [3.8, 4) is 0 Å². The van der Waals surface area contributed by atoms with Gasteiger partial charge in [-0.1, -0.05) is 19.8 Å². The van der Waals surface area contributed by atoms with E-state index in [0.717, 1.165) is 19.3 Å². The second kappa shape index (κ2) is 9.76. The highest BCUT2D eigenvalue weighted by Crippen LogP contribution is 1.94. The van der Waals surface area contributed by atoms with Crippen LogP contribution in [-0.2, 0) is 25.0 Å². The van der Waals surface area contributed by atoms with Gasteiger partial charge in [0.25, 0.3) is 0 Å². The Morgan fingerprint density at radius 2 is 1.91 bits per heavy atom. The summed E-state index contributed by atoms with van der Waals surface area (Å²) in [4.78, 5) is 4.40. The zero-order chi connectivity index (χ0) is 8.36. The van der Waals surface area contributed by atoms with Gasteiger partial charge >= 0.3 is 0 Å². The summed E-state index contributed by atoms with van der Waals surface area (Å²) in [6.07, 6.45) is 3.03. The topological polar surface area (TPSA) is 66.4 Å². The first-order valence-corrected chi connectivity index (χ1v) is 3.35. The zero-order valence-corrected chi connectivity index (χ0v) is 6.32. The minimum Gasteiger partial charge on any atom is -0.219 e. The van der Waals surface area contributed by atoms with Crippen LogP contribution in [0.15, 0.2) is 0 Å². The molecule has 0 saturated carbocycles. The van der Waals surface area contributed by atoms with Crippen molar-refractivity contribution in [2.75, 3.05) is 6.61 Å². The van der Waals surface area contributed by atoms with Crippen molar-refractivity contribution in [1.29, 1.82) is 0 Å². The van der Waals surface area contributed by atoms with Gasteiger partial charge in [-0.05, 0) is 26.6 Å². The van der Waals surface area contributed by atoms with Gasteiger partial charge in [-0.15, -0.1) is 0 Å². The molecule has 68 valence electrons. The minimum absolute atomic E-state index is 0.405. The van der Waals surface area contributed by atoms with E-state index >= 15 is 0 Å². The maximum Gasteiger partial charge on any atom is 0.0855 e. The Bertz CT molecular complexity index is 60.0. The molecule has 6 nitrogen and oxygen atoms in total. The van der Waals surface area contributed by atoms with E-state index in [4.69, 9.17) is 5.26 Å². The summed E-state index contributed by atoms with van der Waals surface area (Å²) in [5.74, 6) is 0. The highest BCUT2D eigenvalue weighted by molar-refractivity contribution is 4.32. The Morgan fingerprint density at radius 1 is 1.09 bits per heavy atom. The highest BCUT2D eigenvalue weighted by Gasteiger charge is 1.90. The second-order valence-electron chi connectivity index (χ2n) is 1.81. The summed E-state index contributed by atoms with van der Waals surface area (Å²) in [5.41, 5.74) is 0. The molecule has 0 aliphatic carbocycles. The summed E-state index contributed by atoms with van der Waals surface area (Å²) in [5, 5.41) is 21.6. The maximum absolute atomic E-state index is 7.52. The van der Waals surface area contributed by atoms with E-state index in [1.807, 2.05) is 0 Å². The fourth-order valence-corrected chi connectivity index (χ4v) is 0.488. The lowest BCUT2D eigenvalue weighted by Gasteiger charge is -1.98. The van der Waals surface area contributed by atoms with Crippen molar-refractivity contribution >= 4 is 0 Å². The van der Waals surface area contributed by atoms with Gasteiger partial charge in [0.15, 0.2) is 0 Å². The molecule has 0 aromatic rings. The number of rotatable bonds is 8. The van der Waals surface area contributed by atoms with Gasteiger partial charge in [-0.25, -0.2) is 10.1 Å². The van der Waals surface area contributed by atoms with Crippen molar-refractivity contribution in [3.05, 3.63) is 0 Å². The minimum atomic E-state index is 0.405. The molecule has 0 saturated heterocycles. The Hall–Kier alpha value is -0.240. The van der Waals surface area contributed by atoms with Gasteiger partial charge < -0.3 is 0 Å². The molecule has 0 spiro atoms. The quantitative estimate of drug-likeness (QED) is 0.335. The fraction of sp³-hybridized carbons (Fsp3) is 1.00. The summed E-state index contributed by atoms with van der Waals surface area (Å²) < 4.78 is 0. The molecule has 0 unspecified atom stereocenters. The van der Waals surface area contributed by atoms with Crippen molar-refractivity contribution < 1.29 is 30.3 Å². The fourth-order valence-electron chi connectivity index (χ4n) is 0.488. The molecule has 1 N–H and O–H groups in total. The van der Waals surface area contributed by atoms with Crippen LogP contribution in [-0.4, -0.2) is 11.9 Å². The van der Waals surface area contributed by atoms with Crippen LogP contribution in [0, 0.1) is 0 Å². The molecule has 0 aromatic heterocycles. The maximum atomic E-state index is 7.52. The molecule has 0 heterocycles. The molecule has 0 aliphatic heterocycles. The number of hydrogen-bond acceptors (Lipinski definition) is 6. The normalized spacial score (nSPS) is 10.4. The van der Waals surface area contributed by atoms with E-state index < -0.39 is 0 Å².